The Hall–Kier alpha value is -1.79. The van der Waals surface area contributed by atoms with Crippen molar-refractivity contribution in [2.45, 2.75) is 38.1 Å². The van der Waals surface area contributed by atoms with Crippen molar-refractivity contribution in [3.63, 3.8) is 0 Å². The highest BCUT2D eigenvalue weighted by molar-refractivity contribution is 6.31. The van der Waals surface area contributed by atoms with Gasteiger partial charge < -0.3 is 20.3 Å². The lowest BCUT2D eigenvalue weighted by Gasteiger charge is -2.26. The standard InChI is InChI=1S/C20H28ClN3O3/c1-27-18-7-6-15(21)12-16(18)20(26)24-11-3-5-17(24)19(25)23-10-8-14-4-2-9-22-13-14/h6-7,12,14,17,22H,2-5,8-11,13H2,1H3,(H,23,25). The van der Waals surface area contributed by atoms with Gasteiger partial charge in [0.05, 0.1) is 12.7 Å². The Kier molecular flexibility index (Phi) is 6.96. The minimum absolute atomic E-state index is 0.0642. The van der Waals surface area contributed by atoms with Crippen LogP contribution in [0.3, 0.4) is 0 Å². The number of hydrogen-bond donors (Lipinski definition) is 2. The molecule has 6 nitrogen and oxygen atoms in total. The van der Waals surface area contributed by atoms with E-state index in [0.29, 0.717) is 41.8 Å². The van der Waals surface area contributed by atoms with Crippen molar-refractivity contribution >= 4 is 23.4 Å². The van der Waals surface area contributed by atoms with Crippen molar-refractivity contribution in [1.29, 1.82) is 0 Å². The maximum Gasteiger partial charge on any atom is 0.258 e. The quantitative estimate of drug-likeness (QED) is 0.778. The first-order chi connectivity index (χ1) is 13.1. The number of carbonyl (C=O) groups is 2. The third-order valence-electron chi connectivity index (χ3n) is 5.46. The summed E-state index contributed by atoms with van der Waals surface area (Å²) in [5.74, 6) is 0.824. The van der Waals surface area contributed by atoms with E-state index in [0.717, 1.165) is 25.9 Å². The number of carbonyl (C=O) groups excluding carboxylic acids is 2. The Labute approximate surface area is 165 Å². The number of rotatable bonds is 6. The van der Waals surface area contributed by atoms with E-state index in [-0.39, 0.29) is 11.8 Å². The molecule has 2 amide bonds. The Morgan fingerprint density at radius 3 is 2.93 bits per heavy atom. The molecule has 2 saturated heterocycles. The number of nitrogens with zero attached hydrogens (tertiary/aromatic N) is 1. The van der Waals surface area contributed by atoms with E-state index in [1.165, 1.54) is 20.0 Å². The van der Waals surface area contributed by atoms with E-state index in [2.05, 4.69) is 10.6 Å². The fourth-order valence-electron chi connectivity index (χ4n) is 3.97. The predicted octanol–water partition coefficient (Wildman–Crippen LogP) is 2.46. The van der Waals surface area contributed by atoms with E-state index in [9.17, 15) is 9.59 Å². The van der Waals surface area contributed by atoms with Crippen molar-refractivity contribution in [2.75, 3.05) is 33.3 Å². The summed E-state index contributed by atoms with van der Waals surface area (Å²) in [6, 6.07) is 4.54. The Balaban J connectivity index is 1.60. The number of methoxy groups -OCH3 is 1. The minimum Gasteiger partial charge on any atom is -0.496 e. The predicted molar refractivity (Wildman–Crippen MR) is 105 cm³/mol. The summed E-state index contributed by atoms with van der Waals surface area (Å²) in [7, 11) is 1.52. The lowest BCUT2D eigenvalue weighted by atomic mass is 9.96. The van der Waals surface area contributed by atoms with Gasteiger partial charge >= 0.3 is 0 Å². The second-order valence-corrected chi connectivity index (χ2v) is 7.73. The molecule has 0 radical (unpaired) electrons. The molecular formula is C20H28ClN3O3. The number of nitrogens with one attached hydrogen (secondary N) is 2. The lowest BCUT2D eigenvalue weighted by molar-refractivity contribution is -0.124. The third-order valence-corrected chi connectivity index (χ3v) is 5.69. The summed E-state index contributed by atoms with van der Waals surface area (Å²) in [5, 5.41) is 6.90. The zero-order chi connectivity index (χ0) is 19.2. The Morgan fingerprint density at radius 1 is 1.33 bits per heavy atom. The molecule has 0 aliphatic carbocycles. The first-order valence-electron chi connectivity index (χ1n) is 9.73. The highest BCUT2D eigenvalue weighted by Gasteiger charge is 2.35. The molecule has 7 heteroatoms. The lowest BCUT2D eigenvalue weighted by Crippen LogP contribution is -2.46. The number of hydrogen-bond acceptors (Lipinski definition) is 4. The molecule has 27 heavy (non-hydrogen) atoms. The van der Waals surface area contributed by atoms with Crippen molar-refractivity contribution < 1.29 is 14.3 Å². The number of piperidine rings is 1. The second kappa shape index (κ2) is 9.42. The van der Waals surface area contributed by atoms with Crippen LogP contribution in [0.4, 0.5) is 0 Å². The molecule has 0 aromatic heterocycles. The normalized spacial score (nSPS) is 22.5. The molecule has 1 aromatic carbocycles. The smallest absolute Gasteiger partial charge is 0.258 e. The number of amides is 2. The summed E-state index contributed by atoms with van der Waals surface area (Å²) in [6.45, 7) is 3.34. The molecule has 0 saturated carbocycles. The molecule has 0 spiro atoms. The number of ether oxygens (including phenoxy) is 1. The van der Waals surface area contributed by atoms with Gasteiger partial charge in [0.1, 0.15) is 11.8 Å². The van der Waals surface area contributed by atoms with Gasteiger partial charge in [-0.15, -0.1) is 0 Å². The van der Waals surface area contributed by atoms with Gasteiger partial charge in [-0.05, 0) is 69.3 Å². The molecule has 2 aliphatic rings. The van der Waals surface area contributed by atoms with Gasteiger partial charge in [0, 0.05) is 18.1 Å². The fraction of sp³-hybridized carbons (Fsp3) is 0.600. The van der Waals surface area contributed by atoms with Gasteiger partial charge in [-0.3, -0.25) is 9.59 Å². The molecular weight excluding hydrogens is 366 g/mol. The van der Waals surface area contributed by atoms with E-state index < -0.39 is 6.04 Å². The van der Waals surface area contributed by atoms with Crippen molar-refractivity contribution in [2.24, 2.45) is 5.92 Å². The Bertz CT molecular complexity index is 676. The van der Waals surface area contributed by atoms with Crippen LogP contribution in [0, 0.1) is 5.92 Å². The van der Waals surface area contributed by atoms with Crippen LogP contribution in [0.15, 0.2) is 18.2 Å². The van der Waals surface area contributed by atoms with Gasteiger partial charge in [0.2, 0.25) is 5.91 Å². The van der Waals surface area contributed by atoms with Gasteiger partial charge in [-0.25, -0.2) is 0 Å². The van der Waals surface area contributed by atoms with Crippen LogP contribution in [0.2, 0.25) is 5.02 Å². The zero-order valence-corrected chi connectivity index (χ0v) is 16.6. The maximum absolute atomic E-state index is 13.0. The zero-order valence-electron chi connectivity index (χ0n) is 15.8. The fourth-order valence-corrected chi connectivity index (χ4v) is 4.14. The summed E-state index contributed by atoms with van der Waals surface area (Å²) in [4.78, 5) is 27.3. The third kappa shape index (κ3) is 4.93. The molecule has 2 N–H and O–H groups in total. The molecule has 0 bridgehead atoms. The van der Waals surface area contributed by atoms with E-state index in [1.54, 1.807) is 23.1 Å². The van der Waals surface area contributed by atoms with Crippen LogP contribution < -0.4 is 15.4 Å². The van der Waals surface area contributed by atoms with Gasteiger partial charge in [-0.2, -0.15) is 0 Å². The molecule has 2 fully saturated rings. The largest absolute Gasteiger partial charge is 0.496 e. The summed E-state index contributed by atoms with van der Waals surface area (Å²) < 4.78 is 5.30. The highest BCUT2D eigenvalue weighted by atomic mass is 35.5. The van der Waals surface area contributed by atoms with Crippen LogP contribution in [-0.2, 0) is 4.79 Å². The van der Waals surface area contributed by atoms with Crippen LogP contribution in [0.1, 0.15) is 42.5 Å². The van der Waals surface area contributed by atoms with Crippen molar-refractivity contribution in [3.05, 3.63) is 28.8 Å². The van der Waals surface area contributed by atoms with Crippen LogP contribution in [0.25, 0.3) is 0 Å². The monoisotopic (exact) mass is 393 g/mol. The SMILES string of the molecule is COc1ccc(Cl)cc1C(=O)N1CCCC1C(=O)NCCC1CCCNC1. The van der Waals surface area contributed by atoms with Crippen molar-refractivity contribution in [1.82, 2.24) is 15.5 Å². The maximum atomic E-state index is 13.0. The van der Waals surface area contributed by atoms with Crippen LogP contribution in [-0.4, -0.2) is 56.0 Å². The molecule has 2 atom stereocenters. The number of likely N-dealkylation sites (tertiary alicyclic amines) is 1. The van der Waals surface area contributed by atoms with E-state index in [4.69, 9.17) is 16.3 Å². The summed E-state index contributed by atoms with van der Waals surface area (Å²) in [6.07, 6.45) is 4.89. The molecule has 2 heterocycles. The average Bonchev–Trinajstić information content (AvgIpc) is 3.18. The summed E-state index contributed by atoms with van der Waals surface area (Å²) >= 11 is 6.06. The van der Waals surface area contributed by atoms with Crippen LogP contribution >= 0.6 is 11.6 Å². The van der Waals surface area contributed by atoms with Crippen molar-refractivity contribution in [3.8, 4) is 5.75 Å². The number of halogens is 1. The number of benzene rings is 1. The second-order valence-electron chi connectivity index (χ2n) is 7.29. The molecule has 2 aliphatic heterocycles. The molecule has 3 rings (SSSR count). The molecule has 148 valence electrons. The minimum atomic E-state index is -0.425. The molecule has 2 unspecified atom stereocenters. The summed E-state index contributed by atoms with van der Waals surface area (Å²) in [5.41, 5.74) is 0.401. The highest BCUT2D eigenvalue weighted by Crippen LogP contribution is 2.27. The van der Waals surface area contributed by atoms with Crippen LogP contribution in [0.5, 0.6) is 5.75 Å². The van der Waals surface area contributed by atoms with E-state index in [1.807, 2.05) is 0 Å². The first kappa shape index (κ1) is 20.0. The van der Waals surface area contributed by atoms with Gasteiger partial charge in [0.15, 0.2) is 0 Å². The van der Waals surface area contributed by atoms with E-state index >= 15 is 0 Å². The van der Waals surface area contributed by atoms with Gasteiger partial charge in [0.25, 0.3) is 5.91 Å². The molecule has 1 aromatic rings. The Morgan fingerprint density at radius 2 is 2.19 bits per heavy atom. The first-order valence-corrected chi connectivity index (χ1v) is 10.1. The average molecular weight is 394 g/mol. The van der Waals surface area contributed by atoms with Gasteiger partial charge in [-0.1, -0.05) is 11.6 Å². The topological polar surface area (TPSA) is 70.7 Å².